The SMILES string of the molecule is CCCCCCCCCCCCCC(=O)O[C@H](COC(=O)CCCCCCCCCC(C)C)COP(=O)(O)OC[C@H](O)COP(=O)(O)OC[C@@H](COC(=O)CCCCCCCCCCC(C)C)OC(=O)CCCCCCCCCCC(C)CC. The summed E-state index contributed by atoms with van der Waals surface area (Å²) in [6, 6.07) is 0. The van der Waals surface area contributed by atoms with Gasteiger partial charge < -0.3 is 33.8 Å². The van der Waals surface area contributed by atoms with Crippen molar-refractivity contribution in [2.75, 3.05) is 39.6 Å². The second-order valence-electron chi connectivity index (χ2n) is 24.7. The molecule has 0 fully saturated rings. The molecule has 0 bridgehead atoms. The van der Waals surface area contributed by atoms with Crippen LogP contribution in [-0.4, -0.2) is 96.7 Å². The average Bonchev–Trinajstić information content (AvgIpc) is 3.54. The first-order valence-electron chi connectivity index (χ1n) is 33.9. The molecule has 0 aromatic heterocycles. The van der Waals surface area contributed by atoms with E-state index in [1.54, 1.807) is 0 Å². The first-order valence-corrected chi connectivity index (χ1v) is 36.9. The molecule has 0 amide bonds. The van der Waals surface area contributed by atoms with Crippen molar-refractivity contribution in [1.82, 2.24) is 0 Å². The number of unbranched alkanes of at least 4 members (excludes halogenated alkanes) is 30. The van der Waals surface area contributed by atoms with E-state index < -0.39 is 97.5 Å². The van der Waals surface area contributed by atoms with Crippen molar-refractivity contribution in [2.24, 2.45) is 17.8 Å². The Morgan fingerprint density at radius 2 is 0.607 bits per heavy atom. The van der Waals surface area contributed by atoms with Crippen molar-refractivity contribution >= 4 is 39.5 Å². The molecule has 0 rings (SSSR count). The molecule has 0 radical (unpaired) electrons. The van der Waals surface area contributed by atoms with Crippen LogP contribution in [0, 0.1) is 17.8 Å². The Kier molecular flexibility index (Phi) is 55.0. The predicted molar refractivity (Wildman–Crippen MR) is 335 cm³/mol. The topological polar surface area (TPSA) is 237 Å². The molecule has 0 saturated carbocycles. The number of phosphoric ester groups is 2. The summed E-state index contributed by atoms with van der Waals surface area (Å²) in [6.45, 7) is 11.7. The Labute approximate surface area is 511 Å². The quantitative estimate of drug-likeness (QED) is 0.0222. The Bertz CT molecular complexity index is 1670. The normalized spacial score (nSPS) is 14.7. The summed E-state index contributed by atoms with van der Waals surface area (Å²) in [5, 5.41) is 10.5. The van der Waals surface area contributed by atoms with E-state index in [0.717, 1.165) is 108 Å². The van der Waals surface area contributed by atoms with E-state index in [4.69, 9.17) is 37.0 Å². The van der Waals surface area contributed by atoms with Gasteiger partial charge in [0, 0.05) is 25.7 Å². The lowest BCUT2D eigenvalue weighted by Gasteiger charge is -2.21. The number of esters is 4. The third kappa shape index (κ3) is 57.8. The van der Waals surface area contributed by atoms with E-state index in [-0.39, 0.29) is 25.7 Å². The van der Waals surface area contributed by atoms with Gasteiger partial charge in [-0.3, -0.25) is 37.3 Å². The summed E-state index contributed by atoms with van der Waals surface area (Å²) >= 11 is 0. The second-order valence-corrected chi connectivity index (χ2v) is 27.6. The highest BCUT2D eigenvalue weighted by atomic mass is 31.2. The highest BCUT2D eigenvalue weighted by molar-refractivity contribution is 7.47. The molecule has 6 atom stereocenters. The number of hydrogen-bond acceptors (Lipinski definition) is 15. The number of hydrogen-bond donors (Lipinski definition) is 3. The number of phosphoric acid groups is 2. The minimum absolute atomic E-state index is 0.104. The molecule has 0 saturated heterocycles. The van der Waals surface area contributed by atoms with Gasteiger partial charge in [-0.25, -0.2) is 9.13 Å². The minimum Gasteiger partial charge on any atom is -0.462 e. The van der Waals surface area contributed by atoms with Crippen molar-refractivity contribution < 1.29 is 80.2 Å². The van der Waals surface area contributed by atoms with Gasteiger partial charge in [0.2, 0.25) is 0 Å². The van der Waals surface area contributed by atoms with Gasteiger partial charge in [-0.2, -0.15) is 0 Å². The summed E-state index contributed by atoms with van der Waals surface area (Å²) in [5.74, 6) is 0.0655. The molecule has 3 N–H and O–H groups in total. The van der Waals surface area contributed by atoms with Crippen LogP contribution in [0.5, 0.6) is 0 Å². The van der Waals surface area contributed by atoms with Gasteiger partial charge in [0.15, 0.2) is 12.2 Å². The van der Waals surface area contributed by atoms with Crippen molar-refractivity contribution in [1.29, 1.82) is 0 Å². The third-order valence-corrected chi connectivity index (χ3v) is 17.1. The van der Waals surface area contributed by atoms with E-state index in [0.29, 0.717) is 31.6 Å². The molecule has 0 aromatic carbocycles. The number of aliphatic hydroxyl groups excluding tert-OH is 1. The van der Waals surface area contributed by atoms with E-state index in [2.05, 4.69) is 48.5 Å². The third-order valence-electron chi connectivity index (χ3n) is 15.2. The van der Waals surface area contributed by atoms with Crippen LogP contribution in [0.25, 0.3) is 0 Å². The fourth-order valence-corrected chi connectivity index (χ4v) is 11.2. The second kappa shape index (κ2) is 56.3. The molecule has 0 spiro atoms. The van der Waals surface area contributed by atoms with Crippen LogP contribution in [0.1, 0.15) is 318 Å². The molecular weight excluding hydrogens is 1110 g/mol. The van der Waals surface area contributed by atoms with Crippen LogP contribution in [0.4, 0.5) is 0 Å². The van der Waals surface area contributed by atoms with Crippen LogP contribution in [-0.2, 0) is 65.4 Å². The van der Waals surface area contributed by atoms with Crippen molar-refractivity contribution in [3.8, 4) is 0 Å². The lowest BCUT2D eigenvalue weighted by atomic mass is 9.99. The van der Waals surface area contributed by atoms with Crippen LogP contribution in [0.15, 0.2) is 0 Å². The zero-order valence-corrected chi connectivity index (χ0v) is 56.1. The van der Waals surface area contributed by atoms with Gasteiger partial charge in [0.25, 0.3) is 0 Å². The summed E-state index contributed by atoms with van der Waals surface area (Å²) < 4.78 is 68.0. The van der Waals surface area contributed by atoms with Gasteiger partial charge in [-0.15, -0.1) is 0 Å². The van der Waals surface area contributed by atoms with E-state index >= 15 is 0 Å². The van der Waals surface area contributed by atoms with Crippen LogP contribution in [0.3, 0.4) is 0 Å². The van der Waals surface area contributed by atoms with Gasteiger partial charge in [0.1, 0.15) is 19.3 Å². The molecule has 19 heteroatoms. The zero-order valence-electron chi connectivity index (χ0n) is 54.4. The molecule has 0 aromatic rings. The Balaban J connectivity index is 5.26. The first-order chi connectivity index (χ1) is 40.3. The Morgan fingerprint density at radius 3 is 0.905 bits per heavy atom. The summed E-state index contributed by atoms with van der Waals surface area (Å²) in [5.41, 5.74) is 0. The molecule has 0 aliphatic rings. The molecule has 84 heavy (non-hydrogen) atoms. The number of ether oxygens (including phenoxy) is 4. The predicted octanol–water partition coefficient (Wildman–Crippen LogP) is 17.9. The maximum absolute atomic E-state index is 13.0. The highest BCUT2D eigenvalue weighted by Crippen LogP contribution is 2.45. The maximum atomic E-state index is 13.0. The summed E-state index contributed by atoms with van der Waals surface area (Å²) in [6.07, 6.45) is 37.6. The van der Waals surface area contributed by atoms with Crippen molar-refractivity contribution in [2.45, 2.75) is 336 Å². The number of rotatable bonds is 63. The van der Waals surface area contributed by atoms with Crippen LogP contribution in [0.2, 0.25) is 0 Å². The van der Waals surface area contributed by atoms with Gasteiger partial charge in [0.05, 0.1) is 26.4 Å². The lowest BCUT2D eigenvalue weighted by molar-refractivity contribution is -0.161. The fraction of sp³-hybridized carbons (Fsp3) is 0.938. The van der Waals surface area contributed by atoms with Gasteiger partial charge in [-0.05, 0) is 43.4 Å². The Morgan fingerprint density at radius 1 is 0.345 bits per heavy atom. The van der Waals surface area contributed by atoms with E-state index in [9.17, 15) is 43.2 Å². The lowest BCUT2D eigenvalue weighted by Crippen LogP contribution is -2.30. The maximum Gasteiger partial charge on any atom is 0.472 e. The minimum atomic E-state index is -4.95. The monoisotopic (exact) mass is 1240 g/mol. The Hall–Kier alpha value is -1.94. The van der Waals surface area contributed by atoms with Crippen LogP contribution >= 0.6 is 15.6 Å². The summed E-state index contributed by atoms with van der Waals surface area (Å²) in [4.78, 5) is 72.3. The number of carbonyl (C=O) groups is 4. The van der Waals surface area contributed by atoms with Crippen molar-refractivity contribution in [3.63, 3.8) is 0 Å². The summed E-state index contributed by atoms with van der Waals surface area (Å²) in [7, 11) is -9.89. The standard InChI is InChI=1S/C65H126O17P2/c1-8-10-11-12-13-14-15-16-26-34-41-48-64(69)81-61(53-76-63(68)47-40-33-28-21-23-30-37-44-57(5)6)55-80-84(73,74)78-51-59(66)50-77-83(71,72)79-54-60(52-75-62(67)46-39-32-25-19-17-22-29-36-43-56(3)4)82-65(70)49-42-35-27-20-18-24-31-38-45-58(7)9-2/h56-61,66H,8-55H2,1-7H3,(H,71,72)(H,73,74)/t58?,59-,60-,61-/m1/s1. The highest BCUT2D eigenvalue weighted by Gasteiger charge is 2.30. The fourth-order valence-electron chi connectivity index (χ4n) is 9.62. The van der Waals surface area contributed by atoms with E-state index in [1.165, 1.54) is 122 Å². The van der Waals surface area contributed by atoms with Gasteiger partial charge in [-0.1, -0.05) is 267 Å². The molecule has 3 unspecified atom stereocenters. The molecular formula is C65H126O17P2. The van der Waals surface area contributed by atoms with Crippen LogP contribution < -0.4 is 0 Å². The molecule has 0 aliphatic carbocycles. The molecule has 0 aliphatic heterocycles. The molecule has 498 valence electrons. The molecule has 0 heterocycles. The van der Waals surface area contributed by atoms with E-state index in [1.807, 2.05) is 0 Å². The largest absolute Gasteiger partial charge is 0.472 e. The number of carbonyl (C=O) groups excluding carboxylic acids is 4. The average molecular weight is 1240 g/mol. The zero-order chi connectivity index (χ0) is 62.4. The first kappa shape index (κ1) is 82.1. The smallest absolute Gasteiger partial charge is 0.462 e. The van der Waals surface area contributed by atoms with Crippen molar-refractivity contribution in [3.05, 3.63) is 0 Å². The van der Waals surface area contributed by atoms with Gasteiger partial charge >= 0.3 is 39.5 Å². The number of aliphatic hydroxyl groups is 1. The molecule has 17 nitrogen and oxygen atoms in total.